The minimum Gasteiger partial charge on any atom is -0.453 e. The third-order valence-electron chi connectivity index (χ3n) is 2.25. The van der Waals surface area contributed by atoms with E-state index in [1.165, 1.54) is 7.11 Å². The van der Waals surface area contributed by atoms with Gasteiger partial charge >= 0.3 is 6.09 Å². The van der Waals surface area contributed by atoms with E-state index in [1.807, 2.05) is 26.0 Å². The van der Waals surface area contributed by atoms with Crippen molar-refractivity contribution in [2.45, 2.75) is 26.4 Å². The molecule has 0 atom stereocenters. The normalized spacial score (nSPS) is 11.3. The first-order chi connectivity index (χ1) is 9.01. The summed E-state index contributed by atoms with van der Waals surface area (Å²) in [4.78, 5) is 15.2. The van der Waals surface area contributed by atoms with E-state index in [-0.39, 0.29) is 6.04 Å². The van der Waals surface area contributed by atoms with Gasteiger partial charge in [-0.1, -0.05) is 12.1 Å². The van der Waals surface area contributed by atoms with Crippen LogP contribution in [0.5, 0.6) is 0 Å². The number of hydrogen-bond donors (Lipinski definition) is 3. The van der Waals surface area contributed by atoms with Crippen LogP contribution in [0.2, 0.25) is 0 Å². The summed E-state index contributed by atoms with van der Waals surface area (Å²) < 4.78 is 4.50. The highest BCUT2D eigenvalue weighted by Crippen LogP contribution is 2.10. The Bertz CT molecular complexity index is 440. The molecule has 104 valence electrons. The Morgan fingerprint density at radius 2 is 2.00 bits per heavy atom. The standard InChI is InChI=1S/C13H20N4O2/c1-9(2)16-12(14)15-8-10-4-6-11(7-5-10)17-13(18)19-3/h4-7,9H,8H2,1-3H3,(H,17,18)(H3,14,15,16). The molecule has 0 spiro atoms. The van der Waals surface area contributed by atoms with Crippen LogP contribution in [0.25, 0.3) is 0 Å². The Morgan fingerprint density at radius 3 is 2.53 bits per heavy atom. The van der Waals surface area contributed by atoms with Gasteiger partial charge in [0.25, 0.3) is 0 Å². The fourth-order valence-corrected chi connectivity index (χ4v) is 1.38. The maximum absolute atomic E-state index is 11.0. The molecule has 0 aliphatic rings. The average Bonchev–Trinajstić information content (AvgIpc) is 2.37. The van der Waals surface area contributed by atoms with E-state index in [9.17, 15) is 4.79 Å². The molecule has 0 saturated heterocycles. The number of nitrogens with two attached hydrogens (primary N) is 1. The third-order valence-corrected chi connectivity index (χ3v) is 2.25. The van der Waals surface area contributed by atoms with Gasteiger partial charge in [0.15, 0.2) is 5.96 Å². The zero-order valence-corrected chi connectivity index (χ0v) is 11.4. The lowest BCUT2D eigenvalue weighted by atomic mass is 10.2. The van der Waals surface area contributed by atoms with E-state index in [4.69, 9.17) is 5.73 Å². The van der Waals surface area contributed by atoms with Gasteiger partial charge in [0, 0.05) is 11.7 Å². The van der Waals surface area contributed by atoms with Crippen molar-refractivity contribution in [1.82, 2.24) is 5.32 Å². The van der Waals surface area contributed by atoms with E-state index in [0.29, 0.717) is 18.2 Å². The number of anilines is 1. The van der Waals surface area contributed by atoms with Crippen LogP contribution in [0.15, 0.2) is 29.3 Å². The monoisotopic (exact) mass is 264 g/mol. The Morgan fingerprint density at radius 1 is 1.37 bits per heavy atom. The molecule has 0 heterocycles. The lowest BCUT2D eigenvalue weighted by molar-refractivity contribution is 0.187. The zero-order valence-electron chi connectivity index (χ0n) is 11.4. The highest BCUT2D eigenvalue weighted by molar-refractivity contribution is 5.84. The number of amides is 1. The fourth-order valence-electron chi connectivity index (χ4n) is 1.38. The Hall–Kier alpha value is -2.24. The van der Waals surface area contributed by atoms with Crippen molar-refractivity contribution in [3.63, 3.8) is 0 Å². The van der Waals surface area contributed by atoms with Crippen LogP contribution < -0.4 is 16.4 Å². The molecule has 1 aromatic carbocycles. The predicted octanol–water partition coefficient (Wildman–Crippen LogP) is 1.68. The van der Waals surface area contributed by atoms with Crippen LogP contribution in [-0.4, -0.2) is 25.2 Å². The van der Waals surface area contributed by atoms with Gasteiger partial charge in [0.1, 0.15) is 0 Å². The zero-order chi connectivity index (χ0) is 14.3. The molecule has 0 aliphatic heterocycles. The summed E-state index contributed by atoms with van der Waals surface area (Å²) in [6, 6.07) is 7.58. The Kier molecular flexibility index (Phi) is 5.66. The molecule has 0 bridgehead atoms. The van der Waals surface area contributed by atoms with Crippen molar-refractivity contribution in [2.24, 2.45) is 10.7 Å². The van der Waals surface area contributed by atoms with E-state index in [1.54, 1.807) is 12.1 Å². The Labute approximate surface area is 113 Å². The van der Waals surface area contributed by atoms with E-state index < -0.39 is 6.09 Å². The highest BCUT2D eigenvalue weighted by Gasteiger charge is 2.00. The van der Waals surface area contributed by atoms with Gasteiger partial charge in [-0.05, 0) is 31.5 Å². The van der Waals surface area contributed by atoms with Crippen LogP contribution in [0.3, 0.4) is 0 Å². The molecule has 1 amide bonds. The largest absolute Gasteiger partial charge is 0.453 e. The lowest BCUT2D eigenvalue weighted by Gasteiger charge is -2.08. The minimum atomic E-state index is -0.490. The van der Waals surface area contributed by atoms with Crippen LogP contribution >= 0.6 is 0 Å². The molecule has 0 aromatic heterocycles. The topological polar surface area (TPSA) is 88.7 Å². The van der Waals surface area contributed by atoms with Crippen LogP contribution in [-0.2, 0) is 11.3 Å². The minimum absolute atomic E-state index is 0.260. The molecule has 0 fully saturated rings. The quantitative estimate of drug-likeness (QED) is 0.570. The molecule has 6 heteroatoms. The molecule has 0 unspecified atom stereocenters. The molecule has 0 saturated carbocycles. The highest BCUT2D eigenvalue weighted by atomic mass is 16.5. The first-order valence-electron chi connectivity index (χ1n) is 6.01. The van der Waals surface area contributed by atoms with Gasteiger partial charge in [0.2, 0.25) is 0 Å². The maximum Gasteiger partial charge on any atom is 0.411 e. The van der Waals surface area contributed by atoms with Crippen molar-refractivity contribution in [2.75, 3.05) is 12.4 Å². The summed E-state index contributed by atoms with van der Waals surface area (Å²) >= 11 is 0. The molecule has 1 rings (SSSR count). The predicted molar refractivity (Wildman–Crippen MR) is 76.1 cm³/mol. The summed E-state index contributed by atoms with van der Waals surface area (Å²) in [5.74, 6) is 0.423. The number of aliphatic imine (C=N–C) groups is 1. The molecule has 0 aliphatic carbocycles. The second-order valence-corrected chi connectivity index (χ2v) is 4.31. The van der Waals surface area contributed by atoms with Gasteiger partial charge in [-0.15, -0.1) is 0 Å². The SMILES string of the molecule is COC(=O)Nc1ccc(CN=C(N)NC(C)C)cc1. The summed E-state index contributed by atoms with van der Waals surface area (Å²) in [7, 11) is 1.32. The summed E-state index contributed by atoms with van der Waals surface area (Å²) in [6.45, 7) is 4.48. The third kappa shape index (κ3) is 5.76. The van der Waals surface area contributed by atoms with Crippen LogP contribution in [0.4, 0.5) is 10.5 Å². The first kappa shape index (κ1) is 14.8. The molecule has 0 radical (unpaired) electrons. The molecular weight excluding hydrogens is 244 g/mol. The first-order valence-corrected chi connectivity index (χ1v) is 6.01. The number of carbonyl (C=O) groups is 1. The summed E-state index contributed by atoms with van der Waals surface area (Å²) in [6.07, 6.45) is -0.490. The van der Waals surface area contributed by atoms with Gasteiger partial charge in [-0.2, -0.15) is 0 Å². The van der Waals surface area contributed by atoms with Crippen LogP contribution in [0.1, 0.15) is 19.4 Å². The number of benzene rings is 1. The van der Waals surface area contributed by atoms with Gasteiger partial charge in [0.05, 0.1) is 13.7 Å². The van der Waals surface area contributed by atoms with Crippen LogP contribution in [0, 0.1) is 0 Å². The molecular formula is C13H20N4O2. The number of methoxy groups -OCH3 is 1. The van der Waals surface area contributed by atoms with Crippen molar-refractivity contribution < 1.29 is 9.53 Å². The lowest BCUT2D eigenvalue weighted by Crippen LogP contribution is -2.36. The van der Waals surface area contributed by atoms with Gasteiger partial charge < -0.3 is 15.8 Å². The second-order valence-electron chi connectivity index (χ2n) is 4.31. The van der Waals surface area contributed by atoms with Gasteiger partial charge in [-0.25, -0.2) is 9.79 Å². The van der Waals surface area contributed by atoms with E-state index >= 15 is 0 Å². The average molecular weight is 264 g/mol. The molecule has 19 heavy (non-hydrogen) atoms. The van der Waals surface area contributed by atoms with Gasteiger partial charge in [-0.3, -0.25) is 5.32 Å². The molecule has 1 aromatic rings. The summed E-state index contributed by atoms with van der Waals surface area (Å²) in [5.41, 5.74) is 7.38. The molecule has 6 nitrogen and oxygen atoms in total. The second kappa shape index (κ2) is 7.25. The number of ether oxygens (including phenoxy) is 1. The smallest absolute Gasteiger partial charge is 0.411 e. The van der Waals surface area contributed by atoms with Crippen molar-refractivity contribution in [3.8, 4) is 0 Å². The number of guanidine groups is 1. The number of carbonyl (C=O) groups excluding carboxylic acids is 1. The fraction of sp³-hybridized carbons (Fsp3) is 0.385. The van der Waals surface area contributed by atoms with Crippen molar-refractivity contribution >= 4 is 17.7 Å². The number of rotatable bonds is 4. The van der Waals surface area contributed by atoms with E-state index in [0.717, 1.165) is 5.56 Å². The Balaban J connectivity index is 2.55. The molecule has 4 N–H and O–H groups in total. The summed E-state index contributed by atoms with van der Waals surface area (Å²) in [5, 5.41) is 5.59. The number of nitrogens with one attached hydrogen (secondary N) is 2. The number of hydrogen-bond acceptors (Lipinski definition) is 3. The van der Waals surface area contributed by atoms with Crippen molar-refractivity contribution in [1.29, 1.82) is 0 Å². The van der Waals surface area contributed by atoms with Crippen molar-refractivity contribution in [3.05, 3.63) is 29.8 Å². The number of nitrogens with zero attached hydrogens (tertiary/aromatic N) is 1. The maximum atomic E-state index is 11.0. The van der Waals surface area contributed by atoms with E-state index in [2.05, 4.69) is 20.4 Å².